The fourth-order valence-corrected chi connectivity index (χ4v) is 1.29. The fourth-order valence-electron chi connectivity index (χ4n) is 1.29. The zero-order chi connectivity index (χ0) is 11.0. The first-order valence-corrected chi connectivity index (χ1v) is 5.34. The highest BCUT2D eigenvalue weighted by atomic mass is 16.3. The average molecular weight is 197 g/mol. The van der Waals surface area contributed by atoms with E-state index in [1.165, 1.54) is 0 Å². The van der Waals surface area contributed by atoms with Gasteiger partial charge in [-0.15, -0.1) is 12.3 Å². The van der Waals surface area contributed by atoms with Crippen LogP contribution in [0.25, 0.3) is 0 Å². The van der Waals surface area contributed by atoms with E-state index < -0.39 is 5.60 Å². The van der Waals surface area contributed by atoms with Gasteiger partial charge in [-0.3, -0.25) is 0 Å². The van der Waals surface area contributed by atoms with Gasteiger partial charge >= 0.3 is 0 Å². The summed E-state index contributed by atoms with van der Waals surface area (Å²) in [7, 11) is 0. The third-order valence-corrected chi connectivity index (χ3v) is 2.09. The molecule has 82 valence electrons. The van der Waals surface area contributed by atoms with E-state index >= 15 is 0 Å². The Morgan fingerprint density at radius 2 is 2.14 bits per heavy atom. The summed E-state index contributed by atoms with van der Waals surface area (Å²) in [5, 5.41) is 13.2. The molecule has 14 heavy (non-hydrogen) atoms. The van der Waals surface area contributed by atoms with Crippen molar-refractivity contribution in [2.45, 2.75) is 45.6 Å². The third kappa shape index (κ3) is 8.10. The second-order valence-electron chi connectivity index (χ2n) is 4.58. The second-order valence-corrected chi connectivity index (χ2v) is 4.58. The van der Waals surface area contributed by atoms with Gasteiger partial charge in [-0.25, -0.2) is 0 Å². The van der Waals surface area contributed by atoms with Crippen molar-refractivity contribution in [3.8, 4) is 12.3 Å². The highest BCUT2D eigenvalue weighted by molar-refractivity contribution is 4.85. The summed E-state index contributed by atoms with van der Waals surface area (Å²) in [5.74, 6) is 3.20. The molecule has 0 saturated heterocycles. The number of hydrogen-bond acceptors (Lipinski definition) is 2. The van der Waals surface area contributed by atoms with E-state index in [-0.39, 0.29) is 0 Å². The van der Waals surface area contributed by atoms with Crippen molar-refractivity contribution in [3.05, 3.63) is 0 Å². The lowest BCUT2D eigenvalue weighted by molar-refractivity contribution is 0.0487. The maximum Gasteiger partial charge on any atom is 0.0743 e. The van der Waals surface area contributed by atoms with Crippen LogP contribution < -0.4 is 5.32 Å². The lowest BCUT2D eigenvalue weighted by Crippen LogP contribution is -2.39. The zero-order valence-corrected chi connectivity index (χ0v) is 9.64. The van der Waals surface area contributed by atoms with Crippen molar-refractivity contribution in [1.82, 2.24) is 5.32 Å². The van der Waals surface area contributed by atoms with Crippen LogP contribution in [0.4, 0.5) is 0 Å². The quantitative estimate of drug-likeness (QED) is 0.482. The van der Waals surface area contributed by atoms with Crippen LogP contribution in [0.2, 0.25) is 0 Å². The minimum Gasteiger partial charge on any atom is -0.389 e. The third-order valence-electron chi connectivity index (χ3n) is 2.09. The molecule has 0 aromatic carbocycles. The van der Waals surface area contributed by atoms with Crippen molar-refractivity contribution in [2.24, 2.45) is 5.92 Å². The minimum atomic E-state index is -0.619. The van der Waals surface area contributed by atoms with Crippen LogP contribution >= 0.6 is 0 Å². The van der Waals surface area contributed by atoms with E-state index in [4.69, 9.17) is 6.42 Å². The lowest BCUT2D eigenvalue weighted by Gasteiger charge is -2.24. The van der Waals surface area contributed by atoms with Gasteiger partial charge in [0.15, 0.2) is 0 Å². The predicted octanol–water partition coefficient (Wildman–Crippen LogP) is 1.79. The van der Waals surface area contributed by atoms with Gasteiger partial charge in [0, 0.05) is 13.0 Å². The summed E-state index contributed by atoms with van der Waals surface area (Å²) in [5.41, 5.74) is -0.619. The molecule has 0 rings (SSSR count). The van der Waals surface area contributed by atoms with E-state index in [1.54, 1.807) is 0 Å². The van der Waals surface area contributed by atoms with Crippen LogP contribution in [-0.2, 0) is 0 Å². The van der Waals surface area contributed by atoms with Gasteiger partial charge in [0.1, 0.15) is 0 Å². The van der Waals surface area contributed by atoms with Crippen molar-refractivity contribution < 1.29 is 5.11 Å². The van der Waals surface area contributed by atoms with E-state index in [9.17, 15) is 5.11 Å². The Morgan fingerprint density at radius 3 is 2.64 bits per heavy atom. The topological polar surface area (TPSA) is 32.3 Å². The van der Waals surface area contributed by atoms with Crippen molar-refractivity contribution >= 4 is 0 Å². The van der Waals surface area contributed by atoms with Crippen molar-refractivity contribution in [1.29, 1.82) is 0 Å². The molecule has 0 aliphatic heterocycles. The Morgan fingerprint density at radius 1 is 1.50 bits per heavy atom. The average Bonchev–Trinajstić information content (AvgIpc) is 2.03. The molecule has 2 N–H and O–H groups in total. The summed E-state index contributed by atoms with van der Waals surface area (Å²) in [6.07, 6.45) is 7.56. The number of unbranched alkanes of at least 4 members (excludes halogenated alkanes) is 1. The fraction of sp³-hybridized carbons (Fsp3) is 0.833. The zero-order valence-electron chi connectivity index (χ0n) is 9.64. The summed E-state index contributed by atoms with van der Waals surface area (Å²) < 4.78 is 0. The normalized spacial score (nSPS) is 15.1. The maximum atomic E-state index is 9.92. The van der Waals surface area contributed by atoms with Gasteiger partial charge in [-0.1, -0.05) is 13.8 Å². The molecule has 0 radical (unpaired) electrons. The monoisotopic (exact) mass is 197 g/mol. The van der Waals surface area contributed by atoms with Gasteiger partial charge in [-0.05, 0) is 32.2 Å². The molecule has 2 heteroatoms. The molecule has 1 atom stereocenters. The molecular weight excluding hydrogens is 174 g/mol. The van der Waals surface area contributed by atoms with Crippen LogP contribution in [0.5, 0.6) is 0 Å². The Hall–Kier alpha value is -0.520. The number of terminal acetylenes is 1. The van der Waals surface area contributed by atoms with Crippen LogP contribution in [0, 0.1) is 18.3 Å². The Bertz CT molecular complexity index is 179. The SMILES string of the molecule is C#CCCCC(C)(O)CNCC(C)C. The first-order chi connectivity index (χ1) is 6.48. The molecule has 0 aliphatic rings. The van der Waals surface area contributed by atoms with Gasteiger partial charge in [-0.2, -0.15) is 0 Å². The van der Waals surface area contributed by atoms with E-state index in [2.05, 4.69) is 25.1 Å². The van der Waals surface area contributed by atoms with Gasteiger partial charge in [0.05, 0.1) is 5.60 Å². The molecule has 0 heterocycles. The molecule has 0 spiro atoms. The molecule has 0 aromatic heterocycles. The van der Waals surface area contributed by atoms with Crippen molar-refractivity contribution in [3.63, 3.8) is 0 Å². The first-order valence-electron chi connectivity index (χ1n) is 5.34. The Labute approximate surface area is 88.1 Å². The molecule has 0 saturated carbocycles. The number of hydrogen-bond donors (Lipinski definition) is 2. The van der Waals surface area contributed by atoms with Gasteiger partial charge in [0.25, 0.3) is 0 Å². The first kappa shape index (κ1) is 13.5. The van der Waals surface area contributed by atoms with E-state index in [1.807, 2.05) is 6.92 Å². The van der Waals surface area contributed by atoms with Crippen LogP contribution in [0.15, 0.2) is 0 Å². The summed E-state index contributed by atoms with van der Waals surface area (Å²) >= 11 is 0. The molecule has 0 aromatic rings. The Balaban J connectivity index is 3.56. The molecule has 0 fully saturated rings. The van der Waals surface area contributed by atoms with Gasteiger partial charge < -0.3 is 10.4 Å². The lowest BCUT2D eigenvalue weighted by atomic mass is 9.99. The largest absolute Gasteiger partial charge is 0.389 e. The smallest absolute Gasteiger partial charge is 0.0743 e. The summed E-state index contributed by atoms with van der Waals surface area (Å²) in [6, 6.07) is 0. The highest BCUT2D eigenvalue weighted by Crippen LogP contribution is 2.12. The number of rotatable bonds is 7. The van der Waals surface area contributed by atoms with E-state index in [0.29, 0.717) is 12.5 Å². The van der Waals surface area contributed by atoms with Crippen LogP contribution in [-0.4, -0.2) is 23.8 Å². The van der Waals surface area contributed by atoms with Crippen LogP contribution in [0.3, 0.4) is 0 Å². The second kappa shape index (κ2) is 6.86. The molecule has 1 unspecified atom stereocenters. The van der Waals surface area contributed by atoms with Crippen molar-refractivity contribution in [2.75, 3.05) is 13.1 Å². The maximum absolute atomic E-state index is 9.92. The summed E-state index contributed by atoms with van der Waals surface area (Å²) in [6.45, 7) is 7.76. The molecule has 0 amide bonds. The molecular formula is C12H23NO. The Kier molecular flexibility index (Phi) is 6.61. The predicted molar refractivity (Wildman–Crippen MR) is 61.0 cm³/mol. The summed E-state index contributed by atoms with van der Waals surface area (Å²) in [4.78, 5) is 0. The molecule has 0 aliphatic carbocycles. The number of nitrogens with one attached hydrogen (secondary N) is 1. The molecule has 0 bridgehead atoms. The van der Waals surface area contributed by atoms with Crippen LogP contribution in [0.1, 0.15) is 40.0 Å². The number of aliphatic hydroxyl groups is 1. The standard InChI is InChI=1S/C12H23NO/c1-5-6-7-8-12(4,14)10-13-9-11(2)3/h1,11,13-14H,6-10H2,2-4H3. The van der Waals surface area contributed by atoms with Gasteiger partial charge in [0.2, 0.25) is 0 Å². The highest BCUT2D eigenvalue weighted by Gasteiger charge is 2.18. The minimum absolute atomic E-state index is 0.619. The molecule has 2 nitrogen and oxygen atoms in total. The van der Waals surface area contributed by atoms with E-state index in [0.717, 1.165) is 25.8 Å².